The zero-order valence-electron chi connectivity index (χ0n) is 10.4. The summed E-state index contributed by atoms with van der Waals surface area (Å²) in [5.41, 5.74) is 5.90. The van der Waals surface area contributed by atoms with Crippen LogP contribution in [0.1, 0.15) is 39.5 Å². The molecule has 1 saturated heterocycles. The van der Waals surface area contributed by atoms with Gasteiger partial charge in [0.2, 0.25) is 5.91 Å². The Kier molecular flexibility index (Phi) is 5.22. The first-order chi connectivity index (χ1) is 7.57. The van der Waals surface area contributed by atoms with Crippen LogP contribution < -0.4 is 5.73 Å². The fourth-order valence-electron chi connectivity index (χ4n) is 2.22. The lowest BCUT2D eigenvalue weighted by Crippen LogP contribution is -2.52. The molecule has 0 radical (unpaired) electrons. The average Bonchev–Trinajstić information content (AvgIpc) is 2.28. The van der Waals surface area contributed by atoms with E-state index in [-0.39, 0.29) is 24.5 Å². The van der Waals surface area contributed by atoms with E-state index in [4.69, 9.17) is 10.8 Å². The maximum atomic E-state index is 12.1. The Morgan fingerprint density at radius 1 is 1.50 bits per heavy atom. The highest BCUT2D eigenvalue weighted by molar-refractivity contribution is 5.82. The van der Waals surface area contributed by atoms with E-state index in [9.17, 15) is 4.79 Å². The van der Waals surface area contributed by atoms with Gasteiger partial charge >= 0.3 is 0 Å². The molecule has 0 bridgehead atoms. The largest absolute Gasteiger partial charge is 0.396 e. The lowest BCUT2D eigenvalue weighted by Gasteiger charge is -2.37. The van der Waals surface area contributed by atoms with Gasteiger partial charge in [0.25, 0.3) is 0 Å². The molecular weight excluding hydrogens is 204 g/mol. The molecule has 1 rings (SSSR count). The third-order valence-corrected chi connectivity index (χ3v) is 3.38. The maximum Gasteiger partial charge on any atom is 0.239 e. The number of likely N-dealkylation sites (tertiary alicyclic amines) is 1. The van der Waals surface area contributed by atoms with E-state index >= 15 is 0 Å². The van der Waals surface area contributed by atoms with E-state index in [0.29, 0.717) is 6.42 Å². The molecule has 3 N–H and O–H groups in total. The second-order valence-corrected chi connectivity index (χ2v) is 4.96. The van der Waals surface area contributed by atoms with Crippen molar-refractivity contribution < 1.29 is 9.90 Å². The smallest absolute Gasteiger partial charge is 0.239 e. The second-order valence-electron chi connectivity index (χ2n) is 4.96. The molecule has 1 aliphatic rings. The van der Waals surface area contributed by atoms with E-state index in [1.807, 2.05) is 18.7 Å². The highest BCUT2D eigenvalue weighted by Crippen LogP contribution is 2.21. The third-order valence-electron chi connectivity index (χ3n) is 3.38. The van der Waals surface area contributed by atoms with Crippen LogP contribution in [-0.4, -0.2) is 41.1 Å². The summed E-state index contributed by atoms with van der Waals surface area (Å²) in [6.45, 7) is 4.87. The van der Waals surface area contributed by atoms with Crippen molar-refractivity contribution in [3.63, 3.8) is 0 Å². The topological polar surface area (TPSA) is 66.6 Å². The molecule has 1 fully saturated rings. The van der Waals surface area contributed by atoms with Crippen LogP contribution in [-0.2, 0) is 4.79 Å². The molecule has 16 heavy (non-hydrogen) atoms. The molecule has 1 unspecified atom stereocenters. The van der Waals surface area contributed by atoms with Crippen LogP contribution in [0.15, 0.2) is 0 Å². The van der Waals surface area contributed by atoms with Crippen LogP contribution in [0.25, 0.3) is 0 Å². The SMILES string of the molecule is CC(C)[C@@H](N)C(=O)N1CCCCC1CCO. The molecule has 0 aromatic heterocycles. The highest BCUT2D eigenvalue weighted by atomic mass is 16.3. The maximum absolute atomic E-state index is 12.1. The first-order valence-corrected chi connectivity index (χ1v) is 6.24. The molecule has 0 aromatic rings. The normalized spacial score (nSPS) is 23.6. The van der Waals surface area contributed by atoms with Gasteiger partial charge in [-0.3, -0.25) is 4.79 Å². The van der Waals surface area contributed by atoms with Crippen LogP contribution in [0, 0.1) is 5.92 Å². The van der Waals surface area contributed by atoms with Crippen molar-refractivity contribution in [2.75, 3.05) is 13.2 Å². The van der Waals surface area contributed by atoms with Crippen molar-refractivity contribution in [3.05, 3.63) is 0 Å². The van der Waals surface area contributed by atoms with E-state index in [1.165, 1.54) is 0 Å². The van der Waals surface area contributed by atoms with Crippen LogP contribution >= 0.6 is 0 Å². The molecule has 0 aromatic carbocycles. The van der Waals surface area contributed by atoms with Crippen LogP contribution in [0.2, 0.25) is 0 Å². The molecule has 4 nitrogen and oxygen atoms in total. The van der Waals surface area contributed by atoms with Gasteiger partial charge in [0, 0.05) is 19.2 Å². The fraction of sp³-hybridized carbons (Fsp3) is 0.917. The van der Waals surface area contributed by atoms with Gasteiger partial charge < -0.3 is 15.7 Å². The first-order valence-electron chi connectivity index (χ1n) is 6.24. The lowest BCUT2D eigenvalue weighted by atomic mass is 9.96. The minimum absolute atomic E-state index is 0.0492. The number of hydrogen-bond acceptors (Lipinski definition) is 3. The molecule has 1 aliphatic heterocycles. The van der Waals surface area contributed by atoms with E-state index < -0.39 is 6.04 Å². The van der Waals surface area contributed by atoms with Gasteiger partial charge in [-0.05, 0) is 31.6 Å². The summed E-state index contributed by atoms with van der Waals surface area (Å²) in [4.78, 5) is 14.0. The number of nitrogens with zero attached hydrogens (tertiary/aromatic N) is 1. The summed E-state index contributed by atoms with van der Waals surface area (Å²) in [7, 11) is 0. The summed E-state index contributed by atoms with van der Waals surface area (Å²) in [6.07, 6.45) is 3.87. The first kappa shape index (κ1) is 13.5. The van der Waals surface area contributed by atoms with Gasteiger partial charge in [0.05, 0.1) is 6.04 Å². The second kappa shape index (κ2) is 6.21. The molecular formula is C12H24N2O2. The summed E-state index contributed by atoms with van der Waals surface area (Å²) >= 11 is 0. The van der Waals surface area contributed by atoms with Crippen molar-refractivity contribution >= 4 is 5.91 Å². The number of nitrogens with two attached hydrogens (primary N) is 1. The number of carbonyl (C=O) groups is 1. The Balaban J connectivity index is 2.63. The predicted octanol–water partition coefficient (Wildman–Crippen LogP) is 0.733. The van der Waals surface area contributed by atoms with Gasteiger partial charge in [-0.25, -0.2) is 0 Å². The predicted molar refractivity (Wildman–Crippen MR) is 63.9 cm³/mol. The van der Waals surface area contributed by atoms with Gasteiger partial charge in [-0.2, -0.15) is 0 Å². The highest BCUT2D eigenvalue weighted by Gasteiger charge is 2.30. The van der Waals surface area contributed by atoms with Gasteiger partial charge in [-0.15, -0.1) is 0 Å². The van der Waals surface area contributed by atoms with E-state index in [0.717, 1.165) is 25.8 Å². The minimum atomic E-state index is -0.403. The fourth-order valence-corrected chi connectivity index (χ4v) is 2.22. The third kappa shape index (κ3) is 3.19. The number of carbonyl (C=O) groups excluding carboxylic acids is 1. The Morgan fingerprint density at radius 2 is 2.19 bits per heavy atom. The van der Waals surface area contributed by atoms with Crippen molar-refractivity contribution in [1.82, 2.24) is 4.90 Å². The zero-order valence-corrected chi connectivity index (χ0v) is 10.4. The molecule has 0 aliphatic carbocycles. The number of amides is 1. The average molecular weight is 228 g/mol. The molecule has 1 heterocycles. The number of piperidine rings is 1. The molecule has 1 amide bonds. The zero-order chi connectivity index (χ0) is 12.1. The monoisotopic (exact) mass is 228 g/mol. The molecule has 2 atom stereocenters. The van der Waals surface area contributed by atoms with Gasteiger partial charge in [0.1, 0.15) is 0 Å². The Morgan fingerprint density at radius 3 is 2.75 bits per heavy atom. The van der Waals surface area contributed by atoms with Crippen molar-refractivity contribution in [2.45, 2.75) is 51.6 Å². The molecule has 0 spiro atoms. The summed E-state index contributed by atoms with van der Waals surface area (Å²) in [5.74, 6) is 0.220. The molecule has 4 heteroatoms. The number of hydrogen-bond donors (Lipinski definition) is 2. The summed E-state index contributed by atoms with van der Waals surface area (Å²) < 4.78 is 0. The summed E-state index contributed by atoms with van der Waals surface area (Å²) in [6, 6.07) is -0.213. The molecule has 0 saturated carbocycles. The van der Waals surface area contributed by atoms with Crippen molar-refractivity contribution in [2.24, 2.45) is 11.7 Å². The van der Waals surface area contributed by atoms with Crippen molar-refractivity contribution in [3.8, 4) is 0 Å². The summed E-state index contributed by atoms with van der Waals surface area (Å²) in [5, 5.41) is 9.00. The van der Waals surface area contributed by atoms with Crippen LogP contribution in [0.5, 0.6) is 0 Å². The molecule has 94 valence electrons. The minimum Gasteiger partial charge on any atom is -0.396 e. The van der Waals surface area contributed by atoms with E-state index in [1.54, 1.807) is 0 Å². The van der Waals surface area contributed by atoms with E-state index in [2.05, 4.69) is 0 Å². The standard InChI is InChI=1S/C12H24N2O2/c1-9(2)11(13)12(16)14-7-4-3-5-10(14)6-8-15/h9-11,15H,3-8,13H2,1-2H3/t10?,11-/m1/s1. The number of aliphatic hydroxyl groups excluding tert-OH is 1. The van der Waals surface area contributed by atoms with Crippen molar-refractivity contribution in [1.29, 1.82) is 0 Å². The number of aliphatic hydroxyl groups is 1. The Hall–Kier alpha value is -0.610. The number of rotatable bonds is 4. The lowest BCUT2D eigenvalue weighted by molar-refractivity contribution is -0.137. The van der Waals surface area contributed by atoms with Gasteiger partial charge in [0.15, 0.2) is 0 Å². The van der Waals surface area contributed by atoms with Crippen LogP contribution in [0.3, 0.4) is 0 Å². The quantitative estimate of drug-likeness (QED) is 0.745. The Bertz CT molecular complexity index is 229. The van der Waals surface area contributed by atoms with Crippen LogP contribution in [0.4, 0.5) is 0 Å². The van der Waals surface area contributed by atoms with Gasteiger partial charge in [-0.1, -0.05) is 13.8 Å². The Labute approximate surface area is 97.8 Å².